The lowest BCUT2D eigenvalue weighted by Gasteiger charge is -2.29. The third-order valence-electron chi connectivity index (χ3n) is 2.50. The van der Waals surface area contributed by atoms with Gasteiger partial charge in [-0.05, 0) is 12.1 Å². The summed E-state index contributed by atoms with van der Waals surface area (Å²) in [4.78, 5) is 15.4. The number of esters is 1. The third-order valence-corrected chi connectivity index (χ3v) is 2.50. The second-order valence-electron chi connectivity index (χ2n) is 3.77. The Bertz CT molecular complexity index is 398. The van der Waals surface area contributed by atoms with E-state index in [1.807, 2.05) is 0 Å². The van der Waals surface area contributed by atoms with Crippen LogP contribution < -0.4 is 5.32 Å². The Balaban J connectivity index is 3.06. The summed E-state index contributed by atoms with van der Waals surface area (Å²) >= 11 is 0. The van der Waals surface area contributed by atoms with Gasteiger partial charge in [0.15, 0.2) is 0 Å². The van der Waals surface area contributed by atoms with Crippen molar-refractivity contribution in [3.63, 3.8) is 0 Å². The zero-order valence-electron chi connectivity index (χ0n) is 9.96. The molecule has 0 radical (unpaired) electrons. The predicted octanol–water partition coefficient (Wildman–Crippen LogP) is -1.00. The van der Waals surface area contributed by atoms with Crippen molar-refractivity contribution in [3.8, 4) is 0 Å². The van der Waals surface area contributed by atoms with Crippen molar-refractivity contribution in [3.05, 3.63) is 23.9 Å². The molecule has 0 fully saturated rings. The van der Waals surface area contributed by atoms with Gasteiger partial charge >= 0.3 is 5.97 Å². The molecule has 0 aliphatic carbocycles. The standard InChI is InChI=1S/C11H16N2O5/c1-18-10(17)8-3-2-4-12-9(8)13-11(5-14,6-15)7-16/h2-4,14-16H,5-7H2,1H3,(H,12,13). The number of aliphatic hydroxyl groups is 3. The Morgan fingerprint density at radius 3 is 2.50 bits per heavy atom. The van der Waals surface area contributed by atoms with Crippen molar-refractivity contribution in [1.29, 1.82) is 0 Å². The highest BCUT2D eigenvalue weighted by Crippen LogP contribution is 2.18. The van der Waals surface area contributed by atoms with Gasteiger partial charge in [-0.15, -0.1) is 0 Å². The van der Waals surface area contributed by atoms with Crippen LogP contribution in [0.4, 0.5) is 5.82 Å². The molecule has 18 heavy (non-hydrogen) atoms. The first-order chi connectivity index (χ1) is 8.62. The number of hydrogen-bond acceptors (Lipinski definition) is 7. The van der Waals surface area contributed by atoms with Gasteiger partial charge in [-0.3, -0.25) is 0 Å². The molecule has 7 nitrogen and oxygen atoms in total. The van der Waals surface area contributed by atoms with Gasteiger partial charge in [0, 0.05) is 6.20 Å². The van der Waals surface area contributed by atoms with Crippen molar-refractivity contribution < 1.29 is 24.9 Å². The Morgan fingerprint density at radius 2 is 2.00 bits per heavy atom. The molecule has 0 spiro atoms. The summed E-state index contributed by atoms with van der Waals surface area (Å²) in [6.45, 7) is -1.55. The van der Waals surface area contributed by atoms with Crippen molar-refractivity contribution >= 4 is 11.8 Å². The van der Waals surface area contributed by atoms with Crippen LogP contribution in [0.1, 0.15) is 10.4 Å². The first-order valence-corrected chi connectivity index (χ1v) is 5.26. The molecule has 100 valence electrons. The molecule has 0 aliphatic rings. The highest BCUT2D eigenvalue weighted by Gasteiger charge is 2.30. The van der Waals surface area contributed by atoms with E-state index in [9.17, 15) is 20.1 Å². The Morgan fingerprint density at radius 1 is 1.39 bits per heavy atom. The SMILES string of the molecule is COC(=O)c1cccnc1NC(CO)(CO)CO. The van der Waals surface area contributed by atoms with Gasteiger partial charge in [-0.2, -0.15) is 0 Å². The smallest absolute Gasteiger partial charge is 0.341 e. The Labute approximate surface area is 104 Å². The molecule has 0 amide bonds. The number of rotatable bonds is 6. The predicted molar refractivity (Wildman–Crippen MR) is 63.2 cm³/mol. The van der Waals surface area contributed by atoms with Crippen LogP contribution in [0.15, 0.2) is 18.3 Å². The number of nitrogens with one attached hydrogen (secondary N) is 1. The Hall–Kier alpha value is -1.70. The van der Waals surface area contributed by atoms with Crippen LogP contribution in [0, 0.1) is 0 Å². The summed E-state index contributed by atoms with van der Waals surface area (Å²) in [5.74, 6) is -0.477. The van der Waals surface area contributed by atoms with E-state index >= 15 is 0 Å². The molecule has 0 bridgehead atoms. The quantitative estimate of drug-likeness (QED) is 0.483. The van der Waals surface area contributed by atoms with E-state index in [4.69, 9.17) is 0 Å². The van der Waals surface area contributed by atoms with Crippen molar-refractivity contribution in [2.24, 2.45) is 0 Å². The molecular weight excluding hydrogens is 240 g/mol. The van der Waals surface area contributed by atoms with Gasteiger partial charge in [0.1, 0.15) is 16.9 Å². The highest BCUT2D eigenvalue weighted by atomic mass is 16.5. The van der Waals surface area contributed by atoms with E-state index < -0.39 is 31.3 Å². The van der Waals surface area contributed by atoms with Crippen LogP contribution in [0.5, 0.6) is 0 Å². The number of carbonyl (C=O) groups excluding carboxylic acids is 1. The molecule has 1 rings (SSSR count). The van der Waals surface area contributed by atoms with Crippen molar-refractivity contribution in [2.45, 2.75) is 5.54 Å². The normalized spacial score (nSPS) is 11.1. The highest BCUT2D eigenvalue weighted by molar-refractivity contribution is 5.94. The molecular formula is C11H16N2O5. The second kappa shape index (κ2) is 6.29. The zero-order chi connectivity index (χ0) is 13.6. The number of methoxy groups -OCH3 is 1. The third kappa shape index (κ3) is 2.95. The summed E-state index contributed by atoms with van der Waals surface area (Å²) in [6.07, 6.45) is 1.44. The monoisotopic (exact) mass is 256 g/mol. The van der Waals surface area contributed by atoms with Gasteiger partial charge in [0.2, 0.25) is 0 Å². The summed E-state index contributed by atoms with van der Waals surface area (Å²) in [5.41, 5.74) is -1.20. The fourth-order valence-electron chi connectivity index (χ4n) is 1.30. The Kier molecular flexibility index (Phi) is 5.02. The first kappa shape index (κ1) is 14.4. The molecule has 1 heterocycles. The van der Waals surface area contributed by atoms with E-state index in [1.54, 1.807) is 6.07 Å². The van der Waals surface area contributed by atoms with Crippen LogP contribution >= 0.6 is 0 Å². The van der Waals surface area contributed by atoms with Crippen LogP contribution in [-0.2, 0) is 4.74 Å². The van der Waals surface area contributed by atoms with Gasteiger partial charge in [0.25, 0.3) is 0 Å². The largest absolute Gasteiger partial charge is 0.465 e. The number of pyridine rings is 1. The number of anilines is 1. The molecule has 0 aromatic carbocycles. The van der Waals surface area contributed by atoms with Crippen LogP contribution in [0.2, 0.25) is 0 Å². The zero-order valence-corrected chi connectivity index (χ0v) is 9.96. The molecule has 4 N–H and O–H groups in total. The van der Waals surface area contributed by atoms with Gasteiger partial charge in [0.05, 0.1) is 26.9 Å². The topological polar surface area (TPSA) is 112 Å². The van der Waals surface area contributed by atoms with Crippen LogP contribution in [0.3, 0.4) is 0 Å². The molecule has 0 saturated heterocycles. The number of ether oxygens (including phenoxy) is 1. The van der Waals surface area contributed by atoms with E-state index in [2.05, 4.69) is 15.0 Å². The second-order valence-corrected chi connectivity index (χ2v) is 3.77. The molecule has 0 aliphatic heterocycles. The lowest BCUT2D eigenvalue weighted by molar-refractivity contribution is 0.0598. The van der Waals surface area contributed by atoms with E-state index in [1.165, 1.54) is 19.4 Å². The van der Waals surface area contributed by atoms with Gasteiger partial charge < -0.3 is 25.4 Å². The van der Waals surface area contributed by atoms with Gasteiger partial charge in [-0.25, -0.2) is 9.78 Å². The first-order valence-electron chi connectivity index (χ1n) is 5.26. The average molecular weight is 256 g/mol. The minimum atomic E-state index is -1.35. The number of aromatic nitrogens is 1. The van der Waals surface area contributed by atoms with E-state index in [0.29, 0.717) is 0 Å². The number of carbonyl (C=O) groups is 1. The van der Waals surface area contributed by atoms with Crippen LogP contribution in [0.25, 0.3) is 0 Å². The number of aliphatic hydroxyl groups excluding tert-OH is 3. The molecule has 0 atom stereocenters. The summed E-state index contributed by atoms with van der Waals surface area (Å²) in [6, 6.07) is 3.04. The van der Waals surface area contributed by atoms with Crippen molar-refractivity contribution in [1.82, 2.24) is 4.98 Å². The number of hydrogen-bond donors (Lipinski definition) is 4. The summed E-state index contributed by atoms with van der Waals surface area (Å²) < 4.78 is 4.59. The van der Waals surface area contributed by atoms with E-state index in [0.717, 1.165) is 0 Å². The maximum atomic E-state index is 11.5. The molecule has 0 unspecified atom stereocenters. The lowest BCUT2D eigenvalue weighted by atomic mass is 10.0. The molecule has 0 saturated carbocycles. The van der Waals surface area contributed by atoms with Gasteiger partial charge in [-0.1, -0.05) is 0 Å². The average Bonchev–Trinajstić information content (AvgIpc) is 2.44. The fourth-order valence-corrected chi connectivity index (χ4v) is 1.30. The maximum absolute atomic E-state index is 11.5. The summed E-state index contributed by atoms with van der Waals surface area (Å²) in [5, 5.41) is 30.3. The maximum Gasteiger partial charge on any atom is 0.341 e. The van der Waals surface area contributed by atoms with Crippen molar-refractivity contribution in [2.75, 3.05) is 32.2 Å². The summed E-state index contributed by atoms with van der Waals surface area (Å²) in [7, 11) is 1.23. The fraction of sp³-hybridized carbons (Fsp3) is 0.455. The minimum absolute atomic E-state index is 0.126. The molecule has 7 heteroatoms. The molecule has 1 aromatic rings. The van der Waals surface area contributed by atoms with Crippen LogP contribution in [-0.4, -0.2) is 58.7 Å². The lowest BCUT2D eigenvalue weighted by Crippen LogP contribution is -2.49. The minimum Gasteiger partial charge on any atom is -0.465 e. The number of nitrogens with zero attached hydrogens (tertiary/aromatic N) is 1. The van der Waals surface area contributed by atoms with E-state index in [-0.39, 0.29) is 11.4 Å². The molecule has 1 aromatic heterocycles.